The van der Waals surface area contributed by atoms with E-state index in [-0.39, 0.29) is 5.92 Å². The van der Waals surface area contributed by atoms with Crippen LogP contribution in [0.25, 0.3) is 0 Å². The lowest BCUT2D eigenvalue weighted by atomic mass is 10.2. The SMILES string of the molecule is Cc1cc(Oc2ccc(CN)c(Cl)c2)nc(C(C)C)n1. The van der Waals surface area contributed by atoms with Gasteiger partial charge in [-0.2, -0.15) is 4.98 Å². The van der Waals surface area contributed by atoms with E-state index < -0.39 is 0 Å². The number of halogens is 1. The van der Waals surface area contributed by atoms with Gasteiger partial charge in [-0.05, 0) is 24.6 Å². The van der Waals surface area contributed by atoms with E-state index in [0.717, 1.165) is 17.1 Å². The van der Waals surface area contributed by atoms with Crippen molar-refractivity contribution in [1.82, 2.24) is 9.97 Å². The second-order valence-electron chi connectivity index (χ2n) is 4.92. The lowest BCUT2D eigenvalue weighted by Gasteiger charge is -2.10. The van der Waals surface area contributed by atoms with Crippen molar-refractivity contribution in [1.29, 1.82) is 0 Å². The van der Waals surface area contributed by atoms with Crippen molar-refractivity contribution >= 4 is 11.6 Å². The van der Waals surface area contributed by atoms with Gasteiger partial charge >= 0.3 is 0 Å². The van der Waals surface area contributed by atoms with Crippen molar-refractivity contribution in [3.05, 3.63) is 46.4 Å². The quantitative estimate of drug-likeness (QED) is 0.930. The molecule has 0 spiro atoms. The zero-order valence-corrected chi connectivity index (χ0v) is 12.6. The van der Waals surface area contributed by atoms with E-state index in [4.69, 9.17) is 22.1 Å². The van der Waals surface area contributed by atoms with Crippen LogP contribution in [-0.4, -0.2) is 9.97 Å². The maximum atomic E-state index is 6.12. The van der Waals surface area contributed by atoms with Crippen LogP contribution in [0.3, 0.4) is 0 Å². The molecule has 2 aromatic rings. The number of ether oxygens (including phenoxy) is 1. The minimum Gasteiger partial charge on any atom is -0.439 e. The van der Waals surface area contributed by atoms with E-state index in [9.17, 15) is 0 Å². The van der Waals surface area contributed by atoms with Gasteiger partial charge in [0.15, 0.2) is 0 Å². The van der Waals surface area contributed by atoms with Gasteiger partial charge in [-0.1, -0.05) is 31.5 Å². The second-order valence-corrected chi connectivity index (χ2v) is 5.33. The predicted molar refractivity (Wildman–Crippen MR) is 80.3 cm³/mol. The molecule has 0 amide bonds. The summed E-state index contributed by atoms with van der Waals surface area (Å²) >= 11 is 6.12. The van der Waals surface area contributed by atoms with Crippen LogP contribution in [-0.2, 0) is 6.54 Å². The number of nitrogens with zero attached hydrogens (tertiary/aromatic N) is 2. The molecule has 0 atom stereocenters. The molecule has 0 unspecified atom stereocenters. The van der Waals surface area contributed by atoms with Crippen LogP contribution >= 0.6 is 11.6 Å². The van der Waals surface area contributed by atoms with Crippen LogP contribution in [0, 0.1) is 6.92 Å². The fraction of sp³-hybridized carbons (Fsp3) is 0.333. The van der Waals surface area contributed by atoms with E-state index in [0.29, 0.717) is 23.2 Å². The highest BCUT2D eigenvalue weighted by Crippen LogP contribution is 2.26. The Bertz CT molecular complexity index is 614. The first-order valence-corrected chi connectivity index (χ1v) is 6.89. The van der Waals surface area contributed by atoms with Crippen molar-refractivity contribution in [3.8, 4) is 11.6 Å². The molecule has 106 valence electrons. The summed E-state index contributed by atoms with van der Waals surface area (Å²) in [5.41, 5.74) is 7.35. The van der Waals surface area contributed by atoms with Gasteiger partial charge in [-0.15, -0.1) is 0 Å². The maximum absolute atomic E-state index is 6.12. The topological polar surface area (TPSA) is 61.0 Å². The summed E-state index contributed by atoms with van der Waals surface area (Å²) < 4.78 is 5.75. The molecule has 1 aromatic carbocycles. The summed E-state index contributed by atoms with van der Waals surface area (Å²) in [6.45, 7) is 6.42. The smallest absolute Gasteiger partial charge is 0.222 e. The molecule has 4 nitrogen and oxygen atoms in total. The van der Waals surface area contributed by atoms with Crippen molar-refractivity contribution in [3.63, 3.8) is 0 Å². The fourth-order valence-corrected chi connectivity index (χ4v) is 2.00. The monoisotopic (exact) mass is 291 g/mol. The summed E-state index contributed by atoms with van der Waals surface area (Å²) in [5, 5.41) is 0.597. The molecule has 0 aliphatic rings. The van der Waals surface area contributed by atoms with Crippen molar-refractivity contribution < 1.29 is 4.74 Å². The zero-order chi connectivity index (χ0) is 14.7. The summed E-state index contributed by atoms with van der Waals surface area (Å²) in [4.78, 5) is 8.79. The van der Waals surface area contributed by atoms with Gasteiger partial charge in [0.05, 0.1) is 0 Å². The van der Waals surface area contributed by atoms with E-state index in [1.54, 1.807) is 12.1 Å². The molecular weight excluding hydrogens is 274 g/mol. The minimum absolute atomic E-state index is 0.250. The average Bonchev–Trinajstić information content (AvgIpc) is 2.38. The minimum atomic E-state index is 0.250. The normalized spacial score (nSPS) is 10.9. The summed E-state index contributed by atoms with van der Waals surface area (Å²) in [6.07, 6.45) is 0. The lowest BCUT2D eigenvalue weighted by Crippen LogP contribution is -2.01. The molecule has 2 N–H and O–H groups in total. The standard InChI is InChI=1S/C15H18ClN3O/c1-9(2)15-18-10(3)6-14(19-15)20-12-5-4-11(8-17)13(16)7-12/h4-7,9H,8,17H2,1-3H3. The molecule has 0 fully saturated rings. The molecular formula is C15H18ClN3O. The molecule has 0 saturated heterocycles. The van der Waals surface area contributed by atoms with Crippen LogP contribution < -0.4 is 10.5 Å². The number of hydrogen-bond donors (Lipinski definition) is 1. The average molecular weight is 292 g/mol. The Labute approximate surface area is 124 Å². The van der Waals surface area contributed by atoms with Crippen LogP contribution in [0.5, 0.6) is 11.6 Å². The molecule has 1 aromatic heterocycles. The third kappa shape index (κ3) is 3.46. The number of hydrogen-bond acceptors (Lipinski definition) is 4. The third-order valence-electron chi connectivity index (χ3n) is 2.83. The number of benzene rings is 1. The first-order chi connectivity index (χ1) is 9.49. The number of aryl methyl sites for hydroxylation is 1. The van der Waals surface area contributed by atoms with Gasteiger partial charge in [-0.3, -0.25) is 0 Å². The Morgan fingerprint density at radius 2 is 2.00 bits per heavy atom. The van der Waals surface area contributed by atoms with Crippen LogP contribution in [0.2, 0.25) is 5.02 Å². The Balaban J connectivity index is 2.27. The first-order valence-electron chi connectivity index (χ1n) is 6.51. The fourth-order valence-electron chi connectivity index (χ4n) is 1.75. The molecule has 5 heteroatoms. The van der Waals surface area contributed by atoms with Crippen LogP contribution in [0.15, 0.2) is 24.3 Å². The number of aromatic nitrogens is 2. The Hall–Kier alpha value is -1.65. The molecule has 0 aliphatic carbocycles. The number of rotatable bonds is 4. The second kappa shape index (κ2) is 6.20. The van der Waals surface area contributed by atoms with Gasteiger partial charge in [0.1, 0.15) is 11.6 Å². The first kappa shape index (κ1) is 14.8. The Morgan fingerprint density at radius 3 is 2.60 bits per heavy atom. The van der Waals surface area contributed by atoms with E-state index in [1.165, 1.54) is 0 Å². The van der Waals surface area contributed by atoms with Crippen molar-refractivity contribution in [2.45, 2.75) is 33.2 Å². The Kier molecular flexibility index (Phi) is 4.57. The van der Waals surface area contributed by atoms with Crippen LogP contribution in [0.4, 0.5) is 0 Å². The highest BCUT2D eigenvalue weighted by atomic mass is 35.5. The summed E-state index contributed by atoms with van der Waals surface area (Å²) in [7, 11) is 0. The van der Waals surface area contributed by atoms with Gasteiger partial charge in [0, 0.05) is 29.2 Å². The maximum Gasteiger partial charge on any atom is 0.222 e. The van der Waals surface area contributed by atoms with Gasteiger partial charge in [-0.25, -0.2) is 4.98 Å². The predicted octanol–water partition coefficient (Wildman–Crippen LogP) is 3.81. The summed E-state index contributed by atoms with van der Waals surface area (Å²) in [5.74, 6) is 2.18. The van der Waals surface area contributed by atoms with E-state index in [2.05, 4.69) is 9.97 Å². The molecule has 20 heavy (non-hydrogen) atoms. The van der Waals surface area contributed by atoms with Gasteiger partial charge in [0.25, 0.3) is 0 Å². The largest absolute Gasteiger partial charge is 0.439 e. The highest BCUT2D eigenvalue weighted by molar-refractivity contribution is 6.31. The molecule has 1 heterocycles. The third-order valence-corrected chi connectivity index (χ3v) is 3.18. The molecule has 2 rings (SSSR count). The van der Waals surface area contributed by atoms with E-state index >= 15 is 0 Å². The molecule has 0 radical (unpaired) electrons. The van der Waals surface area contributed by atoms with Crippen molar-refractivity contribution in [2.24, 2.45) is 5.73 Å². The zero-order valence-electron chi connectivity index (χ0n) is 11.9. The summed E-state index contributed by atoms with van der Waals surface area (Å²) in [6, 6.07) is 7.24. The van der Waals surface area contributed by atoms with Gasteiger partial charge < -0.3 is 10.5 Å². The van der Waals surface area contributed by atoms with Crippen LogP contribution in [0.1, 0.15) is 36.8 Å². The highest BCUT2D eigenvalue weighted by Gasteiger charge is 2.08. The number of nitrogens with two attached hydrogens (primary N) is 1. The van der Waals surface area contributed by atoms with Crippen molar-refractivity contribution in [2.75, 3.05) is 0 Å². The van der Waals surface area contributed by atoms with E-state index in [1.807, 2.05) is 32.9 Å². The molecule has 0 saturated carbocycles. The van der Waals surface area contributed by atoms with Gasteiger partial charge in [0.2, 0.25) is 5.88 Å². The Morgan fingerprint density at radius 1 is 1.25 bits per heavy atom. The lowest BCUT2D eigenvalue weighted by molar-refractivity contribution is 0.455. The molecule has 0 bridgehead atoms. The molecule has 0 aliphatic heterocycles.